The van der Waals surface area contributed by atoms with Gasteiger partial charge >= 0.3 is 11.9 Å². The first-order valence-corrected chi connectivity index (χ1v) is 13.8. The summed E-state index contributed by atoms with van der Waals surface area (Å²) in [5, 5.41) is 5.06. The van der Waals surface area contributed by atoms with Crippen molar-refractivity contribution in [3.8, 4) is 0 Å². The van der Waals surface area contributed by atoms with Gasteiger partial charge in [0.1, 0.15) is 11.6 Å². The molecule has 2 aliphatic heterocycles. The number of hydrogen-bond acceptors (Lipinski definition) is 12. The molecule has 2 aliphatic rings. The van der Waals surface area contributed by atoms with Crippen molar-refractivity contribution in [2.75, 3.05) is 65.9 Å². The Hall–Kier alpha value is -3.40. The Kier molecular flexibility index (Phi) is 15.1. The number of esters is 2. The average Bonchev–Trinajstić information content (AvgIpc) is 3.50. The molecule has 0 aromatic rings. The number of nitrogens with zero attached hydrogens (tertiary/aromatic N) is 1. The van der Waals surface area contributed by atoms with Crippen LogP contribution in [-0.4, -0.2) is 124 Å². The standard InChI is InChI=1S/C27H41N3O12/c1-27(2,3)42-24(34)8-10-37-12-14-39-16-17-40-15-13-38-11-9-28-25(35)19(30-21(31)5-6-22(30)32)18-29-26(36)20-4-7-23(33)41-20/h5-6,19-20H,4,7-18H2,1-3H3,(H,28,35)(H,29,36)/t19-,20-/m0/s1. The molecule has 0 aromatic carbocycles. The third-order valence-corrected chi connectivity index (χ3v) is 5.64. The number of hydrogen-bond donors (Lipinski definition) is 2. The van der Waals surface area contributed by atoms with Crippen LogP contribution in [0.15, 0.2) is 12.2 Å². The Morgan fingerprint density at radius 3 is 1.95 bits per heavy atom. The third-order valence-electron chi connectivity index (χ3n) is 5.64. The molecule has 0 aliphatic carbocycles. The van der Waals surface area contributed by atoms with E-state index in [0.29, 0.717) is 33.0 Å². The molecule has 2 atom stereocenters. The number of nitrogens with one attached hydrogen (secondary N) is 2. The SMILES string of the molecule is CC(C)(C)OC(=O)CCOCCOCCOCCOCCNC(=O)[C@H](CNC(=O)[C@@H]1CCC(=O)O1)N1C(=O)C=CC1=O. The van der Waals surface area contributed by atoms with Crippen molar-refractivity contribution in [1.82, 2.24) is 15.5 Å². The van der Waals surface area contributed by atoms with Crippen LogP contribution in [0.5, 0.6) is 0 Å². The minimum Gasteiger partial charge on any atom is -0.460 e. The van der Waals surface area contributed by atoms with E-state index in [1.807, 2.05) is 0 Å². The highest BCUT2D eigenvalue weighted by Crippen LogP contribution is 2.14. The highest BCUT2D eigenvalue weighted by atomic mass is 16.6. The van der Waals surface area contributed by atoms with E-state index in [-0.39, 0.29) is 58.1 Å². The Bertz CT molecular complexity index is 960. The van der Waals surface area contributed by atoms with Gasteiger partial charge in [0.25, 0.3) is 17.7 Å². The predicted octanol–water partition coefficient (Wildman–Crippen LogP) is -0.984. The molecule has 236 valence electrons. The lowest BCUT2D eigenvalue weighted by atomic mass is 10.2. The lowest BCUT2D eigenvalue weighted by Crippen LogP contribution is -2.56. The van der Waals surface area contributed by atoms with Crippen LogP contribution < -0.4 is 10.6 Å². The third kappa shape index (κ3) is 13.5. The quantitative estimate of drug-likeness (QED) is 0.0991. The Morgan fingerprint density at radius 1 is 0.881 bits per heavy atom. The molecule has 0 spiro atoms. The summed E-state index contributed by atoms with van der Waals surface area (Å²) in [6, 6.07) is -1.29. The van der Waals surface area contributed by atoms with Crippen LogP contribution in [-0.2, 0) is 57.2 Å². The van der Waals surface area contributed by atoms with Crippen molar-refractivity contribution in [2.24, 2.45) is 0 Å². The van der Waals surface area contributed by atoms with Crippen molar-refractivity contribution in [2.45, 2.75) is 57.8 Å². The van der Waals surface area contributed by atoms with E-state index in [1.165, 1.54) is 0 Å². The molecule has 1 saturated heterocycles. The van der Waals surface area contributed by atoms with Gasteiger partial charge in [-0.2, -0.15) is 0 Å². The van der Waals surface area contributed by atoms with Crippen molar-refractivity contribution in [3.05, 3.63) is 12.2 Å². The van der Waals surface area contributed by atoms with E-state index in [2.05, 4.69) is 10.6 Å². The van der Waals surface area contributed by atoms with Crippen LogP contribution in [0.2, 0.25) is 0 Å². The molecule has 0 saturated carbocycles. The summed E-state index contributed by atoms with van der Waals surface area (Å²) in [5.74, 6) is -3.42. The minimum atomic E-state index is -1.29. The van der Waals surface area contributed by atoms with Crippen molar-refractivity contribution < 1.29 is 57.2 Å². The van der Waals surface area contributed by atoms with Gasteiger partial charge in [-0.25, -0.2) is 0 Å². The van der Waals surface area contributed by atoms with Crippen LogP contribution in [0.3, 0.4) is 0 Å². The Morgan fingerprint density at radius 2 is 1.43 bits per heavy atom. The number of rotatable bonds is 20. The van der Waals surface area contributed by atoms with E-state index in [1.54, 1.807) is 20.8 Å². The van der Waals surface area contributed by atoms with Crippen LogP contribution in [0, 0.1) is 0 Å². The number of imide groups is 1. The van der Waals surface area contributed by atoms with Gasteiger partial charge in [-0.1, -0.05) is 0 Å². The van der Waals surface area contributed by atoms with Gasteiger partial charge in [-0.3, -0.25) is 33.7 Å². The maximum Gasteiger partial charge on any atom is 0.308 e. The fraction of sp³-hybridized carbons (Fsp3) is 0.704. The largest absolute Gasteiger partial charge is 0.460 e. The summed E-state index contributed by atoms with van der Waals surface area (Å²) in [6.07, 6.45) is 1.62. The molecule has 0 bridgehead atoms. The first-order valence-electron chi connectivity index (χ1n) is 13.8. The molecule has 0 unspecified atom stereocenters. The molecule has 2 rings (SSSR count). The van der Waals surface area contributed by atoms with Gasteiger partial charge in [0, 0.05) is 38.1 Å². The summed E-state index contributed by atoms with van der Waals surface area (Å²) >= 11 is 0. The molecule has 2 N–H and O–H groups in total. The minimum absolute atomic E-state index is 0.0875. The molecule has 0 radical (unpaired) electrons. The molecule has 42 heavy (non-hydrogen) atoms. The number of carbonyl (C=O) groups excluding carboxylic acids is 6. The summed E-state index contributed by atoms with van der Waals surface area (Å²) < 4.78 is 31.6. The van der Waals surface area contributed by atoms with Crippen molar-refractivity contribution >= 4 is 35.6 Å². The van der Waals surface area contributed by atoms with Gasteiger partial charge in [0.05, 0.1) is 59.3 Å². The zero-order valence-corrected chi connectivity index (χ0v) is 24.3. The van der Waals surface area contributed by atoms with Gasteiger partial charge in [0.2, 0.25) is 5.91 Å². The van der Waals surface area contributed by atoms with E-state index < -0.39 is 47.3 Å². The molecule has 1 fully saturated rings. The fourth-order valence-electron chi connectivity index (χ4n) is 3.72. The highest BCUT2D eigenvalue weighted by molar-refractivity contribution is 6.15. The molecular formula is C27H41N3O12. The number of amides is 4. The van der Waals surface area contributed by atoms with E-state index in [9.17, 15) is 28.8 Å². The Labute approximate surface area is 244 Å². The first-order chi connectivity index (χ1) is 20.0. The molecule has 0 aromatic heterocycles. The maximum atomic E-state index is 12.8. The number of carbonyl (C=O) groups is 6. The molecule has 2 heterocycles. The lowest BCUT2D eigenvalue weighted by Gasteiger charge is -2.26. The molecular weight excluding hydrogens is 558 g/mol. The van der Waals surface area contributed by atoms with Crippen LogP contribution in [0.25, 0.3) is 0 Å². The van der Waals surface area contributed by atoms with Gasteiger partial charge in [0.15, 0.2) is 6.10 Å². The highest BCUT2D eigenvalue weighted by Gasteiger charge is 2.37. The van der Waals surface area contributed by atoms with Gasteiger partial charge in [-0.15, -0.1) is 0 Å². The number of ether oxygens (including phenoxy) is 6. The molecule has 4 amide bonds. The predicted molar refractivity (Wildman–Crippen MR) is 144 cm³/mol. The van der Waals surface area contributed by atoms with Crippen molar-refractivity contribution in [1.29, 1.82) is 0 Å². The molecule has 15 nitrogen and oxygen atoms in total. The second-order valence-corrected chi connectivity index (χ2v) is 10.2. The summed E-state index contributed by atoms with van der Waals surface area (Å²) in [5.41, 5.74) is -0.515. The normalized spacial score (nSPS) is 17.4. The lowest BCUT2D eigenvalue weighted by molar-refractivity contribution is -0.156. The van der Waals surface area contributed by atoms with Gasteiger partial charge < -0.3 is 39.1 Å². The zero-order valence-electron chi connectivity index (χ0n) is 24.3. The van der Waals surface area contributed by atoms with Crippen molar-refractivity contribution in [3.63, 3.8) is 0 Å². The second-order valence-electron chi connectivity index (χ2n) is 10.2. The topological polar surface area (TPSA) is 185 Å². The smallest absolute Gasteiger partial charge is 0.308 e. The van der Waals surface area contributed by atoms with E-state index in [4.69, 9.17) is 28.4 Å². The van der Waals surface area contributed by atoms with Crippen LogP contribution in [0.4, 0.5) is 0 Å². The first kappa shape index (κ1) is 34.8. The van der Waals surface area contributed by atoms with E-state index >= 15 is 0 Å². The van der Waals surface area contributed by atoms with E-state index in [0.717, 1.165) is 17.1 Å². The monoisotopic (exact) mass is 599 g/mol. The van der Waals surface area contributed by atoms with Crippen LogP contribution >= 0.6 is 0 Å². The number of cyclic esters (lactones) is 1. The average molecular weight is 600 g/mol. The zero-order chi connectivity index (χ0) is 31.0. The molecule has 15 heteroatoms. The Balaban J connectivity index is 1.51. The maximum absolute atomic E-state index is 12.8. The summed E-state index contributed by atoms with van der Waals surface area (Å²) in [4.78, 5) is 72.8. The fourth-order valence-corrected chi connectivity index (χ4v) is 3.72. The second kappa shape index (κ2) is 18.2. The van der Waals surface area contributed by atoms with Gasteiger partial charge in [-0.05, 0) is 20.8 Å². The summed E-state index contributed by atoms with van der Waals surface area (Å²) in [6.45, 7) is 7.53. The van der Waals surface area contributed by atoms with Crippen LogP contribution in [0.1, 0.15) is 40.0 Å². The summed E-state index contributed by atoms with van der Waals surface area (Å²) in [7, 11) is 0.